The fourth-order valence-electron chi connectivity index (χ4n) is 4.00. The third kappa shape index (κ3) is 5.30. The van der Waals surface area contributed by atoms with Crippen LogP contribution < -0.4 is 25.2 Å². The molecule has 35 heavy (non-hydrogen) atoms. The zero-order chi connectivity index (χ0) is 24.8. The van der Waals surface area contributed by atoms with Gasteiger partial charge in [-0.05, 0) is 30.2 Å². The third-order valence-corrected chi connectivity index (χ3v) is 5.99. The van der Waals surface area contributed by atoms with Crippen molar-refractivity contribution in [3.8, 4) is 28.5 Å². The Morgan fingerprint density at radius 1 is 1.06 bits per heavy atom. The number of nitrogens with one attached hydrogen (secondary N) is 2. The van der Waals surface area contributed by atoms with Gasteiger partial charge in [-0.15, -0.1) is 0 Å². The lowest BCUT2D eigenvalue weighted by atomic mass is 10.1. The summed E-state index contributed by atoms with van der Waals surface area (Å²) in [6.45, 7) is 1.66. The van der Waals surface area contributed by atoms with E-state index in [2.05, 4.69) is 15.3 Å². The Labute approximate surface area is 208 Å². The molecule has 0 radical (unpaired) electrons. The van der Waals surface area contributed by atoms with Crippen molar-refractivity contribution in [2.45, 2.75) is 26.1 Å². The SMILES string of the molecule is COc1cc(CNc2[nH]c(=O)n(CCCn3ccnc3)c2-c2ccccc2Cl)cc(OC)c1OC. The summed E-state index contributed by atoms with van der Waals surface area (Å²) in [6.07, 6.45) is 6.15. The minimum absolute atomic E-state index is 0.210. The van der Waals surface area contributed by atoms with Crippen LogP contribution in [0.1, 0.15) is 12.0 Å². The molecule has 0 aliphatic carbocycles. The summed E-state index contributed by atoms with van der Waals surface area (Å²) in [7, 11) is 4.71. The van der Waals surface area contributed by atoms with Gasteiger partial charge in [0.15, 0.2) is 11.5 Å². The molecule has 0 spiro atoms. The van der Waals surface area contributed by atoms with Crippen LogP contribution in [-0.4, -0.2) is 40.4 Å². The van der Waals surface area contributed by atoms with Crippen molar-refractivity contribution in [2.24, 2.45) is 0 Å². The van der Waals surface area contributed by atoms with Gasteiger partial charge >= 0.3 is 5.69 Å². The summed E-state index contributed by atoms with van der Waals surface area (Å²) in [5.74, 6) is 2.22. The predicted molar refractivity (Wildman–Crippen MR) is 136 cm³/mol. The summed E-state index contributed by atoms with van der Waals surface area (Å²) in [5, 5.41) is 3.92. The van der Waals surface area contributed by atoms with Crippen LogP contribution in [-0.2, 0) is 19.6 Å². The molecule has 2 heterocycles. The predicted octanol–water partition coefficient (Wildman–Crippen LogP) is 4.42. The molecule has 0 saturated heterocycles. The Morgan fingerprint density at radius 2 is 1.80 bits per heavy atom. The van der Waals surface area contributed by atoms with Crippen molar-refractivity contribution >= 4 is 17.4 Å². The highest BCUT2D eigenvalue weighted by molar-refractivity contribution is 6.33. The first-order chi connectivity index (χ1) is 17.0. The number of benzene rings is 2. The standard InChI is InChI=1S/C25H28ClN5O4/c1-33-20-13-17(14-21(34-2)23(20)35-3)15-28-24-22(18-7-4-5-8-19(18)26)31(25(32)29-24)11-6-10-30-12-9-27-16-30/h4-5,7-9,12-14,16,28H,6,10-11,15H2,1-3H3,(H,29,32). The van der Waals surface area contributed by atoms with Crippen molar-refractivity contribution in [1.29, 1.82) is 0 Å². The van der Waals surface area contributed by atoms with Crippen LogP contribution in [0, 0.1) is 0 Å². The van der Waals surface area contributed by atoms with E-state index >= 15 is 0 Å². The largest absolute Gasteiger partial charge is 0.493 e. The van der Waals surface area contributed by atoms with Crippen molar-refractivity contribution in [3.63, 3.8) is 0 Å². The van der Waals surface area contributed by atoms with E-state index in [0.29, 0.717) is 46.9 Å². The number of ether oxygens (including phenoxy) is 3. The van der Waals surface area contributed by atoms with Gasteiger partial charge < -0.3 is 24.1 Å². The molecule has 10 heteroatoms. The fraction of sp³-hybridized carbons (Fsp3) is 0.280. The van der Waals surface area contributed by atoms with Gasteiger partial charge in [-0.2, -0.15) is 0 Å². The van der Waals surface area contributed by atoms with Gasteiger partial charge in [0.25, 0.3) is 0 Å². The van der Waals surface area contributed by atoms with Crippen LogP contribution in [0.3, 0.4) is 0 Å². The number of rotatable bonds is 11. The van der Waals surface area contributed by atoms with Crippen molar-refractivity contribution in [3.05, 3.63) is 76.2 Å². The van der Waals surface area contributed by atoms with Crippen LogP contribution in [0.4, 0.5) is 5.82 Å². The molecule has 0 aliphatic rings. The molecule has 2 aromatic carbocycles. The maximum atomic E-state index is 13.0. The second kappa shape index (κ2) is 11.1. The number of methoxy groups -OCH3 is 3. The maximum Gasteiger partial charge on any atom is 0.327 e. The zero-order valence-corrected chi connectivity index (χ0v) is 20.6. The number of aromatic nitrogens is 4. The maximum absolute atomic E-state index is 13.0. The lowest BCUT2D eigenvalue weighted by Crippen LogP contribution is -2.18. The van der Waals surface area contributed by atoms with Crippen LogP contribution in [0.15, 0.2) is 59.9 Å². The normalized spacial score (nSPS) is 10.9. The molecule has 0 aliphatic heterocycles. The Bertz CT molecular complexity index is 1310. The highest BCUT2D eigenvalue weighted by atomic mass is 35.5. The number of H-pyrrole nitrogens is 1. The second-order valence-corrected chi connectivity index (χ2v) is 8.23. The van der Waals surface area contributed by atoms with E-state index in [4.69, 9.17) is 25.8 Å². The molecule has 0 saturated carbocycles. The highest BCUT2D eigenvalue weighted by Gasteiger charge is 2.19. The van der Waals surface area contributed by atoms with Crippen LogP contribution in [0.5, 0.6) is 17.2 Å². The number of hydrogen-bond donors (Lipinski definition) is 2. The lowest BCUT2D eigenvalue weighted by molar-refractivity contribution is 0.324. The molecule has 4 rings (SSSR count). The second-order valence-electron chi connectivity index (χ2n) is 7.83. The van der Waals surface area contributed by atoms with Gasteiger partial charge in [-0.25, -0.2) is 9.78 Å². The number of nitrogens with zero attached hydrogens (tertiary/aromatic N) is 3. The molecule has 184 valence electrons. The topological polar surface area (TPSA) is 95.3 Å². The minimum atomic E-state index is -0.210. The molecular weight excluding hydrogens is 470 g/mol. The molecular formula is C25H28ClN5O4. The van der Waals surface area contributed by atoms with Gasteiger partial charge in [0.1, 0.15) is 5.82 Å². The number of hydrogen-bond acceptors (Lipinski definition) is 6. The van der Waals surface area contributed by atoms with E-state index < -0.39 is 0 Å². The van der Waals surface area contributed by atoms with E-state index in [-0.39, 0.29) is 5.69 Å². The van der Waals surface area contributed by atoms with E-state index in [9.17, 15) is 4.79 Å². The average molecular weight is 498 g/mol. The van der Waals surface area contributed by atoms with Crippen LogP contribution >= 0.6 is 11.6 Å². The van der Waals surface area contributed by atoms with Gasteiger partial charge in [0.05, 0.1) is 38.4 Å². The van der Waals surface area contributed by atoms with Gasteiger partial charge in [-0.1, -0.05) is 29.8 Å². The summed E-state index contributed by atoms with van der Waals surface area (Å²) in [5.41, 5.74) is 2.15. The Morgan fingerprint density at radius 3 is 2.43 bits per heavy atom. The van der Waals surface area contributed by atoms with Gasteiger partial charge in [0.2, 0.25) is 5.75 Å². The first kappa shape index (κ1) is 24.3. The first-order valence-corrected chi connectivity index (χ1v) is 11.5. The number of anilines is 1. The van der Waals surface area contributed by atoms with E-state index in [1.807, 2.05) is 47.2 Å². The lowest BCUT2D eigenvalue weighted by Gasteiger charge is -2.15. The monoisotopic (exact) mass is 497 g/mol. The summed E-state index contributed by atoms with van der Waals surface area (Å²) >= 11 is 6.54. The quantitative estimate of drug-likeness (QED) is 0.318. The van der Waals surface area contributed by atoms with Crippen molar-refractivity contribution in [2.75, 3.05) is 26.6 Å². The smallest absolute Gasteiger partial charge is 0.327 e. The molecule has 2 aromatic heterocycles. The summed E-state index contributed by atoms with van der Waals surface area (Å²) in [6, 6.07) is 11.2. The fourth-order valence-corrected chi connectivity index (χ4v) is 4.23. The Balaban J connectivity index is 1.64. The molecule has 0 fully saturated rings. The third-order valence-electron chi connectivity index (χ3n) is 5.66. The highest BCUT2D eigenvalue weighted by Crippen LogP contribution is 2.38. The molecule has 9 nitrogen and oxygen atoms in total. The average Bonchev–Trinajstić information content (AvgIpc) is 3.50. The molecule has 0 atom stereocenters. The number of aromatic amines is 1. The molecule has 4 aromatic rings. The van der Waals surface area contributed by atoms with Crippen LogP contribution in [0.2, 0.25) is 5.02 Å². The van der Waals surface area contributed by atoms with Crippen LogP contribution in [0.25, 0.3) is 11.3 Å². The van der Waals surface area contributed by atoms with Crippen molar-refractivity contribution in [1.82, 2.24) is 19.1 Å². The van der Waals surface area contributed by atoms with Crippen molar-refractivity contribution < 1.29 is 14.2 Å². The van der Waals surface area contributed by atoms with E-state index in [0.717, 1.165) is 24.1 Å². The molecule has 2 N–H and O–H groups in total. The first-order valence-electron chi connectivity index (χ1n) is 11.1. The number of aryl methyl sites for hydroxylation is 1. The van der Waals surface area contributed by atoms with E-state index in [1.165, 1.54) is 0 Å². The zero-order valence-electron chi connectivity index (χ0n) is 19.9. The Hall–Kier alpha value is -3.85. The minimum Gasteiger partial charge on any atom is -0.493 e. The van der Waals surface area contributed by atoms with Gasteiger partial charge in [0, 0.05) is 37.6 Å². The van der Waals surface area contributed by atoms with E-state index in [1.54, 1.807) is 38.4 Å². The summed E-state index contributed by atoms with van der Waals surface area (Å²) in [4.78, 5) is 20.0. The molecule has 0 bridgehead atoms. The number of imidazole rings is 2. The van der Waals surface area contributed by atoms with Gasteiger partial charge in [-0.3, -0.25) is 9.55 Å². The molecule has 0 amide bonds. The Kier molecular flexibility index (Phi) is 7.67. The number of halogens is 1. The summed E-state index contributed by atoms with van der Waals surface area (Å²) < 4.78 is 20.0. The molecule has 0 unspecified atom stereocenters.